The van der Waals surface area contributed by atoms with Gasteiger partial charge in [0.2, 0.25) is 0 Å². The lowest BCUT2D eigenvalue weighted by atomic mass is 10.2. The number of amides is 1. The van der Waals surface area contributed by atoms with Gasteiger partial charge in [0.1, 0.15) is 10.9 Å². The van der Waals surface area contributed by atoms with E-state index in [0.29, 0.717) is 4.91 Å². The molecule has 134 valence electrons. The number of carbonyl (C=O) groups excluding carboxylic acids is 1. The summed E-state index contributed by atoms with van der Waals surface area (Å²) in [5.74, 6) is -1.45. The Morgan fingerprint density at radius 3 is 2.58 bits per heavy atom. The van der Waals surface area contributed by atoms with Gasteiger partial charge in [0.25, 0.3) is 5.91 Å². The molecule has 1 aliphatic rings. The lowest BCUT2D eigenvalue weighted by molar-refractivity contribution is -0.140. The Kier molecular flexibility index (Phi) is 5.36. The fourth-order valence-corrected chi connectivity index (χ4v) is 4.34. The summed E-state index contributed by atoms with van der Waals surface area (Å²) in [6, 6.07) is 9.98. The molecule has 0 spiro atoms. The monoisotopic (exact) mass is 450 g/mol. The van der Waals surface area contributed by atoms with Crippen molar-refractivity contribution in [1.29, 1.82) is 0 Å². The molecule has 3 rings (SSSR count). The minimum absolute atomic E-state index is 0.269. The van der Waals surface area contributed by atoms with Gasteiger partial charge in [-0.1, -0.05) is 39.9 Å². The fourth-order valence-electron chi connectivity index (χ4n) is 2.83. The Bertz CT molecular complexity index is 948. The average molecular weight is 451 g/mol. The van der Waals surface area contributed by atoms with Crippen molar-refractivity contribution < 1.29 is 14.7 Å². The minimum Gasteiger partial charge on any atom is -0.480 e. The van der Waals surface area contributed by atoms with Crippen molar-refractivity contribution in [3.63, 3.8) is 0 Å². The third-order valence-electron chi connectivity index (χ3n) is 4.01. The number of thioether (sulfide) groups is 1. The Morgan fingerprint density at radius 1 is 1.31 bits per heavy atom. The Hall–Kier alpha value is -1.90. The molecule has 1 N–H and O–H groups in total. The predicted molar refractivity (Wildman–Crippen MR) is 110 cm³/mol. The molecule has 0 aliphatic carbocycles. The highest BCUT2D eigenvalue weighted by molar-refractivity contribution is 9.10. The van der Waals surface area contributed by atoms with Crippen LogP contribution in [0.15, 0.2) is 39.7 Å². The maximum absolute atomic E-state index is 12.4. The van der Waals surface area contributed by atoms with Gasteiger partial charge in [0, 0.05) is 21.5 Å². The first-order valence-corrected chi connectivity index (χ1v) is 9.71. The zero-order valence-electron chi connectivity index (χ0n) is 14.0. The molecule has 26 heavy (non-hydrogen) atoms. The van der Waals surface area contributed by atoms with E-state index in [1.807, 2.05) is 44.2 Å². The van der Waals surface area contributed by atoms with E-state index in [0.717, 1.165) is 43.8 Å². The van der Waals surface area contributed by atoms with E-state index < -0.39 is 12.5 Å². The van der Waals surface area contributed by atoms with Crippen LogP contribution in [0.5, 0.6) is 0 Å². The molecule has 0 unspecified atom stereocenters. The number of hydrogen-bond donors (Lipinski definition) is 1. The average Bonchev–Trinajstić information content (AvgIpc) is 2.99. The van der Waals surface area contributed by atoms with E-state index >= 15 is 0 Å². The van der Waals surface area contributed by atoms with Crippen LogP contribution in [0.1, 0.15) is 17.0 Å². The zero-order chi connectivity index (χ0) is 19.0. The SMILES string of the molecule is Cc1cc(/C=C2/SC(=S)N(CC(=O)O)C2=O)c(C)n1-c1ccc(Br)cc1. The van der Waals surface area contributed by atoms with Crippen molar-refractivity contribution in [2.45, 2.75) is 13.8 Å². The van der Waals surface area contributed by atoms with E-state index in [1.165, 1.54) is 0 Å². The summed E-state index contributed by atoms with van der Waals surface area (Å²) in [5.41, 5.74) is 3.97. The molecule has 1 aromatic heterocycles. The van der Waals surface area contributed by atoms with E-state index in [1.54, 1.807) is 6.08 Å². The third kappa shape index (κ3) is 3.62. The highest BCUT2D eigenvalue weighted by atomic mass is 79.9. The smallest absolute Gasteiger partial charge is 0.323 e. The van der Waals surface area contributed by atoms with E-state index in [-0.39, 0.29) is 10.2 Å². The van der Waals surface area contributed by atoms with Crippen LogP contribution in [-0.4, -0.2) is 37.3 Å². The van der Waals surface area contributed by atoms with Crippen LogP contribution in [0.3, 0.4) is 0 Å². The van der Waals surface area contributed by atoms with Gasteiger partial charge in [-0.05, 0) is 55.8 Å². The highest BCUT2D eigenvalue weighted by Gasteiger charge is 2.33. The Balaban J connectivity index is 1.96. The van der Waals surface area contributed by atoms with Crippen LogP contribution >= 0.6 is 39.9 Å². The predicted octanol–water partition coefficient (Wildman–Crippen LogP) is 4.14. The molecule has 0 radical (unpaired) electrons. The third-order valence-corrected chi connectivity index (χ3v) is 5.92. The Labute approximate surface area is 168 Å². The van der Waals surface area contributed by atoms with Crippen molar-refractivity contribution >= 4 is 62.2 Å². The van der Waals surface area contributed by atoms with Gasteiger partial charge in [-0.3, -0.25) is 14.5 Å². The lowest BCUT2D eigenvalue weighted by Gasteiger charge is -2.10. The number of carboxylic acid groups (broad SMARTS) is 1. The molecule has 1 aliphatic heterocycles. The van der Waals surface area contributed by atoms with E-state index in [9.17, 15) is 9.59 Å². The summed E-state index contributed by atoms with van der Waals surface area (Å²) < 4.78 is 3.38. The normalized spacial score (nSPS) is 16.0. The second-order valence-corrected chi connectivity index (χ2v) is 8.39. The topological polar surface area (TPSA) is 62.5 Å². The Morgan fingerprint density at radius 2 is 1.96 bits per heavy atom. The first-order valence-electron chi connectivity index (χ1n) is 7.70. The molecule has 1 amide bonds. The van der Waals surface area contributed by atoms with Crippen LogP contribution in [-0.2, 0) is 9.59 Å². The summed E-state index contributed by atoms with van der Waals surface area (Å²) in [5, 5.41) is 8.93. The molecular weight excluding hydrogens is 436 g/mol. The number of thiocarbonyl (C=S) groups is 1. The molecule has 1 fully saturated rings. The van der Waals surface area contributed by atoms with Crippen molar-refractivity contribution in [3.8, 4) is 5.69 Å². The van der Waals surface area contributed by atoms with Crippen molar-refractivity contribution in [3.05, 3.63) is 56.7 Å². The van der Waals surface area contributed by atoms with Gasteiger partial charge in [-0.25, -0.2) is 0 Å². The van der Waals surface area contributed by atoms with Gasteiger partial charge < -0.3 is 9.67 Å². The summed E-state index contributed by atoms with van der Waals surface area (Å²) in [6.07, 6.45) is 1.78. The number of carbonyl (C=O) groups is 2. The largest absolute Gasteiger partial charge is 0.480 e. The molecule has 8 heteroatoms. The standard InChI is InChI=1S/C18H15BrN2O3S2/c1-10-7-12(11(2)21(10)14-5-3-13(19)4-6-14)8-15-17(24)20(9-16(22)23)18(25)26-15/h3-8H,9H2,1-2H3,(H,22,23)/b15-8+. The van der Waals surface area contributed by atoms with Gasteiger partial charge in [-0.15, -0.1) is 0 Å². The van der Waals surface area contributed by atoms with Gasteiger partial charge >= 0.3 is 5.97 Å². The minimum atomic E-state index is -1.09. The summed E-state index contributed by atoms with van der Waals surface area (Å²) >= 11 is 9.70. The molecule has 0 bridgehead atoms. The molecule has 5 nitrogen and oxygen atoms in total. The lowest BCUT2D eigenvalue weighted by Crippen LogP contribution is -2.33. The number of rotatable bonds is 4. The van der Waals surface area contributed by atoms with Gasteiger partial charge in [0.15, 0.2) is 0 Å². The van der Waals surface area contributed by atoms with E-state index in [4.69, 9.17) is 17.3 Å². The zero-order valence-corrected chi connectivity index (χ0v) is 17.2. The van der Waals surface area contributed by atoms with E-state index in [2.05, 4.69) is 20.5 Å². The molecule has 0 saturated carbocycles. The number of benzene rings is 1. The quantitative estimate of drug-likeness (QED) is 0.559. The molecular formula is C18H15BrN2O3S2. The molecule has 1 aromatic carbocycles. The molecule has 1 saturated heterocycles. The summed E-state index contributed by atoms with van der Waals surface area (Å²) in [4.78, 5) is 24.9. The van der Waals surface area contributed by atoms with Crippen LogP contribution in [0.4, 0.5) is 0 Å². The number of carboxylic acids is 1. The van der Waals surface area contributed by atoms with Gasteiger partial charge in [0.05, 0.1) is 4.91 Å². The van der Waals surface area contributed by atoms with Crippen LogP contribution in [0, 0.1) is 13.8 Å². The number of nitrogens with zero attached hydrogens (tertiary/aromatic N) is 2. The maximum Gasteiger partial charge on any atom is 0.323 e. The number of aromatic nitrogens is 1. The summed E-state index contributed by atoms with van der Waals surface area (Å²) in [7, 11) is 0. The van der Waals surface area contributed by atoms with Crippen molar-refractivity contribution in [2.75, 3.05) is 6.54 Å². The van der Waals surface area contributed by atoms with Crippen LogP contribution in [0.25, 0.3) is 11.8 Å². The molecule has 2 heterocycles. The van der Waals surface area contributed by atoms with Gasteiger partial charge in [-0.2, -0.15) is 0 Å². The molecule has 0 atom stereocenters. The summed E-state index contributed by atoms with van der Waals surface area (Å²) in [6.45, 7) is 3.57. The van der Waals surface area contributed by atoms with Crippen LogP contribution < -0.4 is 0 Å². The first kappa shape index (κ1) is 18.9. The highest BCUT2D eigenvalue weighted by Crippen LogP contribution is 2.34. The second kappa shape index (κ2) is 7.38. The second-order valence-electron chi connectivity index (χ2n) is 5.80. The number of aryl methyl sites for hydroxylation is 1. The number of aliphatic carboxylic acids is 1. The fraction of sp³-hybridized carbons (Fsp3) is 0.167. The van der Waals surface area contributed by atoms with Crippen molar-refractivity contribution in [2.24, 2.45) is 0 Å². The number of halogens is 1. The number of hydrogen-bond acceptors (Lipinski definition) is 4. The van der Waals surface area contributed by atoms with Crippen molar-refractivity contribution in [1.82, 2.24) is 9.47 Å². The molecule has 2 aromatic rings. The maximum atomic E-state index is 12.4. The first-order chi connectivity index (χ1) is 12.3. The van der Waals surface area contributed by atoms with Crippen LogP contribution in [0.2, 0.25) is 0 Å².